The first-order chi connectivity index (χ1) is 12.5. The van der Waals surface area contributed by atoms with Crippen molar-refractivity contribution in [2.75, 3.05) is 32.8 Å². The number of ether oxygens (including phenoxy) is 1. The lowest BCUT2D eigenvalue weighted by Gasteiger charge is -2.34. The quantitative estimate of drug-likeness (QED) is 0.796. The maximum absolute atomic E-state index is 12.7. The van der Waals surface area contributed by atoms with Gasteiger partial charge in [-0.25, -0.2) is 4.79 Å². The Morgan fingerprint density at radius 2 is 1.92 bits per heavy atom. The van der Waals surface area contributed by atoms with Gasteiger partial charge in [-0.15, -0.1) is 0 Å². The molecule has 1 atom stereocenters. The zero-order valence-corrected chi connectivity index (χ0v) is 15.5. The Morgan fingerprint density at radius 3 is 2.54 bits per heavy atom. The third kappa shape index (κ3) is 3.66. The first kappa shape index (κ1) is 18.2. The van der Waals surface area contributed by atoms with Crippen LogP contribution in [0.4, 0.5) is 4.79 Å². The maximum atomic E-state index is 12.7. The third-order valence-electron chi connectivity index (χ3n) is 4.64. The highest BCUT2D eigenvalue weighted by Gasteiger charge is 2.35. The minimum Gasteiger partial charge on any atom is -0.450 e. The van der Waals surface area contributed by atoms with Gasteiger partial charge < -0.3 is 19.4 Å². The maximum Gasteiger partial charge on any atom is 0.409 e. The molecule has 3 rings (SSSR count). The number of nitrogens with zero attached hydrogens (tertiary/aromatic N) is 5. The molecule has 2 aliphatic heterocycles. The number of hydrogen-bond donors (Lipinski definition) is 0. The van der Waals surface area contributed by atoms with E-state index < -0.39 is 6.10 Å². The number of carbonyl (C=O) groups is 2. The van der Waals surface area contributed by atoms with E-state index in [0.717, 1.165) is 23.5 Å². The molecule has 0 aromatic carbocycles. The molecule has 1 saturated heterocycles. The van der Waals surface area contributed by atoms with Crippen molar-refractivity contribution >= 4 is 17.7 Å². The van der Waals surface area contributed by atoms with Crippen LogP contribution in [-0.4, -0.2) is 76.2 Å². The third-order valence-corrected chi connectivity index (χ3v) is 4.64. The van der Waals surface area contributed by atoms with Crippen molar-refractivity contribution < 1.29 is 19.2 Å². The fourth-order valence-corrected chi connectivity index (χ4v) is 3.16. The molecule has 1 aromatic heterocycles. The highest BCUT2D eigenvalue weighted by Crippen LogP contribution is 2.21. The minimum atomic E-state index is -0.608. The van der Waals surface area contributed by atoms with Crippen molar-refractivity contribution in [1.82, 2.24) is 19.6 Å². The Kier molecular flexibility index (Phi) is 5.43. The molecular weight excluding hydrogens is 338 g/mol. The van der Waals surface area contributed by atoms with Crippen LogP contribution in [0.25, 0.3) is 0 Å². The summed E-state index contributed by atoms with van der Waals surface area (Å²) in [6, 6.07) is 0. The zero-order valence-electron chi connectivity index (χ0n) is 15.5. The largest absolute Gasteiger partial charge is 0.450 e. The number of aryl methyl sites for hydroxylation is 2. The second-order valence-electron chi connectivity index (χ2n) is 6.33. The van der Waals surface area contributed by atoms with Crippen molar-refractivity contribution in [2.24, 2.45) is 5.16 Å². The molecule has 2 amide bonds. The van der Waals surface area contributed by atoms with Crippen LogP contribution in [0.1, 0.15) is 31.5 Å². The average Bonchev–Trinajstić information content (AvgIpc) is 3.28. The average molecular weight is 363 g/mol. The van der Waals surface area contributed by atoms with Gasteiger partial charge in [0.05, 0.1) is 18.0 Å². The van der Waals surface area contributed by atoms with E-state index in [9.17, 15) is 9.59 Å². The predicted octanol–water partition coefficient (Wildman–Crippen LogP) is 1.01. The number of carbonyl (C=O) groups excluding carboxylic acids is 2. The summed E-state index contributed by atoms with van der Waals surface area (Å²) in [5, 5.41) is 8.52. The van der Waals surface area contributed by atoms with Gasteiger partial charge in [-0.1, -0.05) is 5.16 Å². The number of piperazine rings is 1. The molecule has 0 bridgehead atoms. The molecule has 0 saturated carbocycles. The van der Waals surface area contributed by atoms with Gasteiger partial charge in [0.15, 0.2) is 0 Å². The van der Waals surface area contributed by atoms with E-state index in [1.807, 2.05) is 24.7 Å². The molecular formula is C17H25N5O4. The molecule has 1 aromatic rings. The lowest BCUT2D eigenvalue weighted by molar-refractivity contribution is -0.143. The molecule has 0 spiro atoms. The van der Waals surface area contributed by atoms with Crippen LogP contribution in [0.15, 0.2) is 11.4 Å². The fourth-order valence-electron chi connectivity index (χ4n) is 3.16. The number of amides is 2. The number of rotatable bonds is 4. The van der Waals surface area contributed by atoms with Gasteiger partial charge in [0.1, 0.15) is 0 Å². The van der Waals surface area contributed by atoms with Gasteiger partial charge in [-0.3, -0.25) is 9.48 Å². The SMILES string of the molecule is CCOC(=O)N1CCN(C(=O)[C@H]2CC(c3cn(CC)nc3C)=NO2)CC1. The van der Waals surface area contributed by atoms with Gasteiger partial charge >= 0.3 is 6.09 Å². The number of aromatic nitrogens is 2. The molecule has 3 heterocycles. The van der Waals surface area contributed by atoms with E-state index in [1.54, 1.807) is 16.7 Å². The number of oxime groups is 1. The van der Waals surface area contributed by atoms with Crippen molar-refractivity contribution in [2.45, 2.75) is 39.8 Å². The van der Waals surface area contributed by atoms with E-state index in [0.29, 0.717) is 39.2 Å². The van der Waals surface area contributed by atoms with Gasteiger partial charge in [-0.2, -0.15) is 5.10 Å². The molecule has 0 radical (unpaired) electrons. The molecule has 9 heteroatoms. The van der Waals surface area contributed by atoms with E-state index >= 15 is 0 Å². The Hall–Kier alpha value is -2.58. The summed E-state index contributed by atoms with van der Waals surface area (Å²) in [6.45, 7) is 8.72. The normalized spacial score (nSPS) is 20.0. The number of hydrogen-bond acceptors (Lipinski definition) is 6. The summed E-state index contributed by atoms with van der Waals surface area (Å²) in [5.41, 5.74) is 2.56. The summed E-state index contributed by atoms with van der Waals surface area (Å²) in [5.74, 6) is -0.0900. The Balaban J connectivity index is 1.54. The predicted molar refractivity (Wildman–Crippen MR) is 93.8 cm³/mol. The van der Waals surface area contributed by atoms with Crippen LogP contribution in [0, 0.1) is 6.92 Å². The van der Waals surface area contributed by atoms with Crippen molar-refractivity contribution in [3.8, 4) is 0 Å². The van der Waals surface area contributed by atoms with Gasteiger partial charge in [0.2, 0.25) is 6.10 Å². The lowest BCUT2D eigenvalue weighted by Crippen LogP contribution is -2.53. The van der Waals surface area contributed by atoms with Crippen LogP contribution in [0.5, 0.6) is 0 Å². The van der Waals surface area contributed by atoms with Crippen molar-refractivity contribution in [1.29, 1.82) is 0 Å². The van der Waals surface area contributed by atoms with Crippen molar-refractivity contribution in [3.63, 3.8) is 0 Å². The minimum absolute atomic E-state index is 0.0900. The first-order valence-corrected chi connectivity index (χ1v) is 9.01. The molecule has 142 valence electrons. The molecule has 26 heavy (non-hydrogen) atoms. The van der Waals surface area contributed by atoms with Gasteiger partial charge in [-0.05, 0) is 20.8 Å². The molecule has 0 unspecified atom stereocenters. The highest BCUT2D eigenvalue weighted by atomic mass is 16.6. The summed E-state index contributed by atoms with van der Waals surface area (Å²) < 4.78 is 6.84. The van der Waals surface area contributed by atoms with Crippen LogP contribution in [0.2, 0.25) is 0 Å². The molecule has 2 aliphatic rings. The summed E-state index contributed by atoms with van der Waals surface area (Å²) >= 11 is 0. The topological polar surface area (TPSA) is 89.3 Å². The fraction of sp³-hybridized carbons (Fsp3) is 0.647. The van der Waals surface area contributed by atoms with Gasteiger partial charge in [0.25, 0.3) is 5.91 Å². The smallest absolute Gasteiger partial charge is 0.409 e. The van der Waals surface area contributed by atoms with E-state index in [1.165, 1.54) is 0 Å². The summed E-state index contributed by atoms with van der Waals surface area (Å²) in [4.78, 5) is 33.2. The van der Waals surface area contributed by atoms with E-state index in [4.69, 9.17) is 9.57 Å². The molecule has 1 fully saturated rings. The first-order valence-electron chi connectivity index (χ1n) is 9.01. The Morgan fingerprint density at radius 1 is 1.23 bits per heavy atom. The van der Waals surface area contributed by atoms with Crippen LogP contribution >= 0.6 is 0 Å². The lowest BCUT2D eigenvalue weighted by atomic mass is 10.1. The van der Waals surface area contributed by atoms with Crippen LogP contribution < -0.4 is 0 Å². The molecule has 0 aliphatic carbocycles. The highest BCUT2D eigenvalue weighted by molar-refractivity contribution is 6.04. The van der Waals surface area contributed by atoms with Gasteiger partial charge in [0, 0.05) is 50.9 Å². The summed E-state index contributed by atoms with van der Waals surface area (Å²) in [7, 11) is 0. The second-order valence-corrected chi connectivity index (χ2v) is 6.33. The van der Waals surface area contributed by atoms with Crippen LogP contribution in [-0.2, 0) is 20.9 Å². The second kappa shape index (κ2) is 7.76. The molecule has 0 N–H and O–H groups in total. The van der Waals surface area contributed by atoms with E-state index in [2.05, 4.69) is 10.3 Å². The Bertz CT molecular complexity index is 706. The van der Waals surface area contributed by atoms with E-state index in [-0.39, 0.29) is 12.0 Å². The van der Waals surface area contributed by atoms with Crippen LogP contribution in [0.3, 0.4) is 0 Å². The molecule has 9 nitrogen and oxygen atoms in total. The van der Waals surface area contributed by atoms with Crippen molar-refractivity contribution in [3.05, 3.63) is 17.5 Å². The Labute approximate surface area is 152 Å². The standard InChI is InChI=1S/C17H25N5O4/c1-4-22-11-13(12(3)18-22)14-10-15(26-19-14)16(23)20-6-8-21(9-7-20)17(24)25-5-2/h11,15H,4-10H2,1-3H3/t15-/m1/s1. The zero-order chi connectivity index (χ0) is 18.7. The monoisotopic (exact) mass is 363 g/mol. The summed E-state index contributed by atoms with van der Waals surface area (Å²) in [6.07, 6.45) is 1.43.